The summed E-state index contributed by atoms with van der Waals surface area (Å²) in [6.45, 7) is 0. The van der Waals surface area contributed by atoms with Gasteiger partial charge in [0.2, 0.25) is 0 Å². The van der Waals surface area contributed by atoms with Gasteiger partial charge >= 0.3 is 11.7 Å². The van der Waals surface area contributed by atoms with Crippen molar-refractivity contribution in [1.82, 2.24) is 4.98 Å². The SMILES string of the molecule is O=C(O)c1cnc(CCc2ccccc2)c([N+](=O)[O-])c1NC1[C@@H]2CC3C[C@H]1CC(O)(C3)C2. The lowest BCUT2D eigenvalue weighted by Gasteiger charge is -2.58. The summed E-state index contributed by atoms with van der Waals surface area (Å²) >= 11 is 0. The molecule has 0 spiro atoms. The molecule has 0 amide bonds. The molecule has 8 heteroatoms. The van der Waals surface area contributed by atoms with Crippen LogP contribution in [0.5, 0.6) is 0 Å². The highest BCUT2D eigenvalue weighted by atomic mass is 16.6. The number of carboxylic acids is 1. The lowest BCUT2D eigenvalue weighted by Crippen LogP contribution is -2.59. The standard InChI is InChI=1S/C24H27N3O5/c28-23(29)18-13-25-19(7-6-14-4-2-1-3-5-14)22(27(31)32)21(18)26-20-16-8-15-9-17(20)12-24(30,10-15)11-16/h1-5,13,15-17,20,30H,6-12H2,(H,25,26)(H,28,29)/t15?,16-,17+,20?,24?. The van der Waals surface area contributed by atoms with Gasteiger partial charge in [0.15, 0.2) is 0 Å². The van der Waals surface area contributed by atoms with E-state index in [1.54, 1.807) is 0 Å². The zero-order valence-electron chi connectivity index (χ0n) is 17.7. The molecule has 1 heterocycles. The minimum absolute atomic E-state index is 0.0602. The predicted molar refractivity (Wildman–Crippen MR) is 118 cm³/mol. The van der Waals surface area contributed by atoms with Crippen molar-refractivity contribution in [2.24, 2.45) is 17.8 Å². The van der Waals surface area contributed by atoms with E-state index in [0.29, 0.717) is 31.6 Å². The molecule has 6 rings (SSSR count). The summed E-state index contributed by atoms with van der Waals surface area (Å²) in [6.07, 6.45) is 6.27. The molecule has 0 aliphatic heterocycles. The Morgan fingerprint density at radius 3 is 2.44 bits per heavy atom. The zero-order chi connectivity index (χ0) is 22.5. The van der Waals surface area contributed by atoms with E-state index < -0.39 is 16.5 Å². The van der Waals surface area contributed by atoms with Gasteiger partial charge in [0.05, 0.1) is 10.5 Å². The number of benzene rings is 1. The summed E-state index contributed by atoms with van der Waals surface area (Å²) in [4.78, 5) is 27.7. The van der Waals surface area contributed by atoms with Gasteiger partial charge in [0, 0.05) is 18.7 Å². The molecule has 1 aromatic heterocycles. The Balaban J connectivity index is 1.48. The molecule has 3 N–H and O–H groups in total. The van der Waals surface area contributed by atoms with Crippen molar-refractivity contribution in [2.45, 2.75) is 56.6 Å². The molecule has 0 radical (unpaired) electrons. The van der Waals surface area contributed by atoms with Gasteiger partial charge in [-0.15, -0.1) is 0 Å². The van der Waals surface area contributed by atoms with Crippen molar-refractivity contribution >= 4 is 17.3 Å². The Morgan fingerprint density at radius 2 is 1.84 bits per heavy atom. The first-order valence-corrected chi connectivity index (χ1v) is 11.3. The molecule has 1 aromatic carbocycles. The molecule has 4 saturated carbocycles. The van der Waals surface area contributed by atoms with Crippen molar-refractivity contribution in [3.63, 3.8) is 0 Å². The molecular formula is C24H27N3O5. The number of carbonyl (C=O) groups is 1. The minimum Gasteiger partial charge on any atom is -0.478 e. The molecular weight excluding hydrogens is 410 g/mol. The second kappa shape index (κ2) is 7.85. The highest BCUT2D eigenvalue weighted by molar-refractivity contribution is 5.96. The van der Waals surface area contributed by atoms with Gasteiger partial charge in [-0.2, -0.15) is 0 Å². The molecule has 2 aromatic rings. The maximum absolute atomic E-state index is 12.1. The molecule has 4 bridgehead atoms. The molecule has 4 aliphatic carbocycles. The third-order valence-electron chi connectivity index (χ3n) is 7.59. The van der Waals surface area contributed by atoms with Crippen LogP contribution in [-0.2, 0) is 12.8 Å². The van der Waals surface area contributed by atoms with E-state index in [2.05, 4.69) is 10.3 Å². The molecule has 5 atom stereocenters. The molecule has 32 heavy (non-hydrogen) atoms. The Morgan fingerprint density at radius 1 is 1.16 bits per heavy atom. The molecule has 4 aliphatic rings. The maximum Gasteiger partial charge on any atom is 0.339 e. The Bertz CT molecular complexity index is 1040. The van der Waals surface area contributed by atoms with Gasteiger partial charge in [0.25, 0.3) is 0 Å². The van der Waals surface area contributed by atoms with Crippen LogP contribution in [-0.4, -0.2) is 37.7 Å². The summed E-state index contributed by atoms with van der Waals surface area (Å²) in [5.74, 6) is -0.370. The number of nitro groups is 1. The van der Waals surface area contributed by atoms with Crippen LogP contribution in [0.1, 0.15) is 53.7 Å². The van der Waals surface area contributed by atoms with Crippen LogP contribution in [0.25, 0.3) is 0 Å². The lowest BCUT2D eigenvalue weighted by molar-refractivity contribution is -0.385. The minimum atomic E-state index is -1.24. The van der Waals surface area contributed by atoms with E-state index in [1.165, 1.54) is 6.20 Å². The first-order chi connectivity index (χ1) is 15.3. The van der Waals surface area contributed by atoms with E-state index in [-0.39, 0.29) is 40.5 Å². The first kappa shape index (κ1) is 20.9. The number of pyridine rings is 1. The van der Waals surface area contributed by atoms with Gasteiger partial charge in [-0.25, -0.2) is 4.79 Å². The molecule has 8 nitrogen and oxygen atoms in total. The fourth-order valence-electron chi connectivity index (χ4n) is 6.52. The Kier molecular flexibility index (Phi) is 5.12. The maximum atomic E-state index is 12.1. The highest BCUT2D eigenvalue weighted by Crippen LogP contribution is 2.56. The number of aliphatic hydroxyl groups is 1. The number of carboxylic acid groups (broad SMARTS) is 1. The summed E-state index contributed by atoms with van der Waals surface area (Å²) < 4.78 is 0. The van der Waals surface area contributed by atoms with Crippen LogP contribution in [0, 0.1) is 27.9 Å². The molecule has 4 fully saturated rings. The number of aryl methyl sites for hydroxylation is 2. The van der Waals surface area contributed by atoms with Crippen LogP contribution in [0.3, 0.4) is 0 Å². The van der Waals surface area contributed by atoms with Crippen molar-refractivity contribution in [2.75, 3.05) is 5.32 Å². The average molecular weight is 437 g/mol. The number of hydrogen-bond acceptors (Lipinski definition) is 6. The smallest absolute Gasteiger partial charge is 0.339 e. The number of rotatable bonds is 7. The third-order valence-corrected chi connectivity index (χ3v) is 7.59. The second-order valence-corrected chi connectivity index (χ2v) is 9.75. The number of nitrogens with zero attached hydrogens (tertiary/aromatic N) is 2. The fraction of sp³-hybridized carbons (Fsp3) is 0.500. The van der Waals surface area contributed by atoms with E-state index in [1.807, 2.05) is 30.3 Å². The summed E-state index contributed by atoms with van der Waals surface area (Å²) in [5.41, 5.74) is 0.338. The van der Waals surface area contributed by atoms with Gasteiger partial charge in [-0.1, -0.05) is 30.3 Å². The molecule has 168 valence electrons. The number of hydrogen-bond donors (Lipinski definition) is 3. The largest absolute Gasteiger partial charge is 0.478 e. The van der Waals surface area contributed by atoms with Crippen LogP contribution in [0.2, 0.25) is 0 Å². The number of nitrogens with one attached hydrogen (secondary N) is 1. The first-order valence-electron chi connectivity index (χ1n) is 11.3. The van der Waals surface area contributed by atoms with Crippen LogP contribution in [0.15, 0.2) is 36.5 Å². The zero-order valence-corrected chi connectivity index (χ0v) is 17.7. The van der Waals surface area contributed by atoms with Gasteiger partial charge in [-0.3, -0.25) is 15.1 Å². The monoisotopic (exact) mass is 437 g/mol. The van der Waals surface area contributed by atoms with E-state index in [9.17, 15) is 25.1 Å². The fourth-order valence-corrected chi connectivity index (χ4v) is 6.52. The van der Waals surface area contributed by atoms with Crippen molar-refractivity contribution < 1.29 is 19.9 Å². The van der Waals surface area contributed by atoms with E-state index in [0.717, 1.165) is 24.8 Å². The lowest BCUT2D eigenvalue weighted by atomic mass is 9.52. The second-order valence-electron chi connectivity index (χ2n) is 9.75. The van der Waals surface area contributed by atoms with Crippen molar-refractivity contribution in [3.8, 4) is 0 Å². The van der Waals surface area contributed by atoms with E-state index in [4.69, 9.17) is 0 Å². The third kappa shape index (κ3) is 3.72. The molecule has 0 saturated heterocycles. The van der Waals surface area contributed by atoms with Crippen LogP contribution < -0.4 is 5.32 Å². The molecule has 3 unspecified atom stereocenters. The van der Waals surface area contributed by atoms with E-state index >= 15 is 0 Å². The summed E-state index contributed by atoms with van der Waals surface area (Å²) in [5, 5.41) is 36.0. The topological polar surface area (TPSA) is 126 Å². The Hall–Kier alpha value is -3.00. The highest BCUT2D eigenvalue weighted by Gasteiger charge is 2.55. The quantitative estimate of drug-likeness (QED) is 0.444. The number of aromatic nitrogens is 1. The van der Waals surface area contributed by atoms with Gasteiger partial charge in [0.1, 0.15) is 16.9 Å². The number of aromatic carboxylic acids is 1. The Labute approximate surface area is 185 Å². The van der Waals surface area contributed by atoms with Crippen LogP contribution >= 0.6 is 0 Å². The van der Waals surface area contributed by atoms with Crippen LogP contribution in [0.4, 0.5) is 11.4 Å². The summed E-state index contributed by atoms with van der Waals surface area (Å²) in [7, 11) is 0. The summed E-state index contributed by atoms with van der Waals surface area (Å²) in [6, 6.07) is 9.57. The number of anilines is 1. The predicted octanol–water partition coefficient (Wildman–Crippen LogP) is 3.82. The van der Waals surface area contributed by atoms with Gasteiger partial charge in [-0.05, 0) is 61.8 Å². The van der Waals surface area contributed by atoms with Crippen molar-refractivity contribution in [1.29, 1.82) is 0 Å². The average Bonchev–Trinajstić information content (AvgIpc) is 2.73. The van der Waals surface area contributed by atoms with Gasteiger partial charge < -0.3 is 15.5 Å². The van der Waals surface area contributed by atoms with Crippen molar-refractivity contribution in [3.05, 3.63) is 63.5 Å². The normalized spacial score (nSPS) is 30.3.